The third kappa shape index (κ3) is 11.7. The maximum Gasteiger partial charge on any atom is 0.337 e. The number of carbonyl (C=O) groups is 1. The van der Waals surface area contributed by atoms with Crippen LogP contribution in [0.1, 0.15) is 58.3 Å². The first-order valence-corrected chi connectivity index (χ1v) is 8.28. The van der Waals surface area contributed by atoms with E-state index in [4.69, 9.17) is 18.9 Å². The van der Waals surface area contributed by atoms with Gasteiger partial charge in [-0.1, -0.05) is 32.6 Å². The Bertz CT molecular complexity index is 253. The molecule has 0 aliphatic carbocycles. The molecule has 1 aliphatic rings. The molecule has 0 radical (unpaired) electrons. The Hall–Kier alpha value is -0.650. The molecule has 1 rings (SSSR count). The maximum atomic E-state index is 11.1. The van der Waals surface area contributed by atoms with Crippen LogP contribution >= 0.6 is 0 Å². The highest BCUT2D eigenvalue weighted by Gasteiger charge is 2.32. The van der Waals surface area contributed by atoms with Gasteiger partial charge < -0.3 is 18.9 Å². The van der Waals surface area contributed by atoms with Crippen molar-refractivity contribution in [2.45, 2.75) is 64.4 Å². The Morgan fingerprint density at radius 3 is 2.10 bits per heavy atom. The molecule has 1 fully saturated rings. The van der Waals surface area contributed by atoms with Gasteiger partial charge in [-0.05, 0) is 25.7 Å². The summed E-state index contributed by atoms with van der Waals surface area (Å²) in [7, 11) is 0. The zero-order valence-corrected chi connectivity index (χ0v) is 13.3. The smallest absolute Gasteiger partial charge is 0.337 e. The van der Waals surface area contributed by atoms with Crippen LogP contribution in [0.3, 0.4) is 0 Å². The molecule has 124 valence electrons. The molecule has 0 bridgehead atoms. The molecule has 0 N–H and O–H groups in total. The van der Waals surface area contributed by atoms with E-state index in [1.54, 1.807) is 0 Å². The second kappa shape index (κ2) is 13.0. The minimum Gasteiger partial charge on any atom is -0.464 e. The van der Waals surface area contributed by atoms with Crippen molar-refractivity contribution < 1.29 is 23.7 Å². The summed E-state index contributed by atoms with van der Waals surface area (Å²) in [5.74, 6) is -0.214. The van der Waals surface area contributed by atoms with E-state index >= 15 is 0 Å². The van der Waals surface area contributed by atoms with E-state index in [1.807, 2.05) is 0 Å². The molecule has 0 amide bonds. The van der Waals surface area contributed by atoms with Gasteiger partial charge in [0.25, 0.3) is 0 Å². The summed E-state index contributed by atoms with van der Waals surface area (Å²) in [5.41, 5.74) is 0. The molecule has 5 nitrogen and oxygen atoms in total. The van der Waals surface area contributed by atoms with E-state index in [-0.39, 0.29) is 12.1 Å². The van der Waals surface area contributed by atoms with Gasteiger partial charge >= 0.3 is 5.97 Å². The summed E-state index contributed by atoms with van der Waals surface area (Å²) >= 11 is 0. The van der Waals surface area contributed by atoms with Crippen LogP contribution in [-0.2, 0) is 23.7 Å². The lowest BCUT2D eigenvalue weighted by molar-refractivity contribution is -0.145. The predicted molar refractivity (Wildman–Crippen MR) is 80.1 cm³/mol. The minimum atomic E-state index is -0.277. The Morgan fingerprint density at radius 1 is 0.952 bits per heavy atom. The largest absolute Gasteiger partial charge is 0.464 e. The third-order valence-corrected chi connectivity index (χ3v) is 3.33. The van der Waals surface area contributed by atoms with Crippen LogP contribution in [0.5, 0.6) is 0 Å². The number of hydrogen-bond acceptors (Lipinski definition) is 5. The van der Waals surface area contributed by atoms with Crippen LogP contribution in [0, 0.1) is 0 Å². The fraction of sp³-hybridized carbons (Fsp3) is 0.938. The van der Waals surface area contributed by atoms with Crippen molar-refractivity contribution in [3.8, 4) is 0 Å². The quantitative estimate of drug-likeness (QED) is 0.201. The number of unbranched alkanes of at least 4 members (excludes halogenated alkanes) is 6. The monoisotopic (exact) mass is 302 g/mol. The first-order valence-electron chi connectivity index (χ1n) is 8.28. The number of carbonyl (C=O) groups excluding carboxylic acids is 1. The lowest BCUT2D eigenvalue weighted by atomic mass is 10.2. The zero-order chi connectivity index (χ0) is 15.2. The Labute approximate surface area is 128 Å². The van der Waals surface area contributed by atoms with Crippen molar-refractivity contribution in [1.29, 1.82) is 0 Å². The molecular weight excluding hydrogens is 272 g/mol. The second-order valence-electron chi connectivity index (χ2n) is 5.40. The van der Waals surface area contributed by atoms with E-state index in [1.165, 1.54) is 19.3 Å². The van der Waals surface area contributed by atoms with E-state index in [0.717, 1.165) is 45.3 Å². The average Bonchev–Trinajstić information content (AvgIpc) is 3.32. The third-order valence-electron chi connectivity index (χ3n) is 3.33. The normalized spacial score (nSPS) is 16.9. The maximum absolute atomic E-state index is 11.1. The van der Waals surface area contributed by atoms with Crippen molar-refractivity contribution in [2.24, 2.45) is 0 Å². The molecule has 0 aromatic heterocycles. The van der Waals surface area contributed by atoms with E-state index in [0.29, 0.717) is 20.0 Å². The number of hydrogen-bond donors (Lipinski definition) is 0. The number of ether oxygens (including phenoxy) is 4. The summed E-state index contributed by atoms with van der Waals surface area (Å²) in [6.07, 6.45) is 8.71. The van der Waals surface area contributed by atoms with E-state index in [9.17, 15) is 4.79 Å². The Kier molecular flexibility index (Phi) is 11.4. The van der Waals surface area contributed by atoms with Crippen molar-refractivity contribution in [2.75, 3.05) is 33.2 Å². The van der Waals surface area contributed by atoms with Gasteiger partial charge in [-0.3, -0.25) is 0 Å². The van der Waals surface area contributed by atoms with Crippen LogP contribution in [-0.4, -0.2) is 45.3 Å². The standard InChI is InChI=1S/C16H30O5/c1-2-3-4-7-10-18-14-19-11-8-5-6-9-12-20-16(17)15-13-21-15/h15H,2-14H2,1H3. The molecule has 1 aliphatic heterocycles. The summed E-state index contributed by atoms with van der Waals surface area (Å²) in [6, 6.07) is 0. The summed E-state index contributed by atoms with van der Waals surface area (Å²) in [4.78, 5) is 11.1. The highest BCUT2D eigenvalue weighted by molar-refractivity contribution is 5.76. The zero-order valence-electron chi connectivity index (χ0n) is 13.3. The number of esters is 1. The fourth-order valence-corrected chi connectivity index (χ4v) is 1.92. The molecular formula is C16H30O5. The van der Waals surface area contributed by atoms with Gasteiger partial charge in [-0.25, -0.2) is 4.79 Å². The van der Waals surface area contributed by atoms with Gasteiger partial charge in [0, 0.05) is 13.2 Å². The lowest BCUT2D eigenvalue weighted by Gasteiger charge is -2.06. The van der Waals surface area contributed by atoms with Gasteiger partial charge in [0.15, 0.2) is 6.10 Å². The lowest BCUT2D eigenvalue weighted by Crippen LogP contribution is -2.12. The van der Waals surface area contributed by atoms with Gasteiger partial charge in [-0.15, -0.1) is 0 Å². The van der Waals surface area contributed by atoms with Crippen LogP contribution in [0.25, 0.3) is 0 Å². The second-order valence-corrected chi connectivity index (χ2v) is 5.40. The minimum absolute atomic E-state index is 0.214. The molecule has 21 heavy (non-hydrogen) atoms. The highest BCUT2D eigenvalue weighted by atomic mass is 16.7. The van der Waals surface area contributed by atoms with E-state index in [2.05, 4.69) is 6.92 Å². The fourth-order valence-electron chi connectivity index (χ4n) is 1.92. The molecule has 1 unspecified atom stereocenters. The van der Waals surface area contributed by atoms with Gasteiger partial charge in [0.1, 0.15) is 6.79 Å². The molecule has 1 saturated heterocycles. The van der Waals surface area contributed by atoms with Gasteiger partial charge in [-0.2, -0.15) is 0 Å². The Balaban J connectivity index is 1.66. The SMILES string of the molecule is CCCCCCOCOCCCCCCOC(=O)C1CO1. The van der Waals surface area contributed by atoms with Crippen molar-refractivity contribution >= 4 is 5.97 Å². The average molecular weight is 302 g/mol. The summed E-state index contributed by atoms with van der Waals surface area (Å²) in [6.45, 7) is 5.18. The van der Waals surface area contributed by atoms with Crippen molar-refractivity contribution in [3.05, 3.63) is 0 Å². The molecule has 5 heteroatoms. The van der Waals surface area contributed by atoms with Crippen LogP contribution in [0.4, 0.5) is 0 Å². The highest BCUT2D eigenvalue weighted by Crippen LogP contribution is 2.11. The van der Waals surface area contributed by atoms with Crippen LogP contribution in [0.2, 0.25) is 0 Å². The van der Waals surface area contributed by atoms with Crippen LogP contribution in [0.15, 0.2) is 0 Å². The molecule has 0 spiro atoms. The predicted octanol–water partition coefficient (Wildman–Crippen LogP) is 3.06. The topological polar surface area (TPSA) is 57.3 Å². The molecule has 0 saturated carbocycles. The van der Waals surface area contributed by atoms with E-state index < -0.39 is 0 Å². The molecule has 1 atom stereocenters. The van der Waals surface area contributed by atoms with Crippen molar-refractivity contribution in [1.82, 2.24) is 0 Å². The first kappa shape index (κ1) is 18.4. The van der Waals surface area contributed by atoms with Crippen molar-refractivity contribution in [3.63, 3.8) is 0 Å². The Morgan fingerprint density at radius 2 is 1.52 bits per heavy atom. The first-order chi connectivity index (χ1) is 10.3. The van der Waals surface area contributed by atoms with Gasteiger partial charge in [0.2, 0.25) is 0 Å². The summed E-state index contributed by atoms with van der Waals surface area (Å²) in [5, 5.41) is 0. The molecule has 0 aromatic rings. The van der Waals surface area contributed by atoms with Gasteiger partial charge in [0.05, 0.1) is 13.2 Å². The van der Waals surface area contributed by atoms with Crippen LogP contribution < -0.4 is 0 Å². The molecule has 1 heterocycles. The summed E-state index contributed by atoms with van der Waals surface area (Å²) < 4.78 is 20.7. The number of epoxide rings is 1. The molecule has 0 aromatic carbocycles. The number of rotatable bonds is 15.